The second kappa shape index (κ2) is 5.33. The molecule has 0 saturated carbocycles. The zero-order valence-corrected chi connectivity index (χ0v) is 11.3. The van der Waals surface area contributed by atoms with Gasteiger partial charge in [-0.05, 0) is 36.1 Å². The Kier molecular flexibility index (Phi) is 3.37. The molecule has 2 aromatic rings. The summed E-state index contributed by atoms with van der Waals surface area (Å²) in [6.07, 6.45) is 3.77. The molecular weight excluding hydrogens is 248 g/mol. The van der Waals surface area contributed by atoms with Crippen molar-refractivity contribution < 1.29 is 0 Å². The molecule has 1 aromatic heterocycles. The summed E-state index contributed by atoms with van der Waals surface area (Å²) < 4.78 is 0. The van der Waals surface area contributed by atoms with Crippen LogP contribution in [0.5, 0.6) is 0 Å². The number of nitrogen functional groups attached to an aromatic ring is 1. The molecule has 0 fully saturated rings. The van der Waals surface area contributed by atoms with Gasteiger partial charge in [0.25, 0.3) is 0 Å². The number of anilines is 1. The third-order valence-electron chi connectivity index (χ3n) is 3.80. The quantitative estimate of drug-likeness (QED) is 0.645. The monoisotopic (exact) mass is 266 g/mol. The van der Waals surface area contributed by atoms with E-state index < -0.39 is 0 Å². The van der Waals surface area contributed by atoms with E-state index in [4.69, 9.17) is 11.1 Å². The molecule has 1 aliphatic rings. The number of fused-ring (bicyclic) bond motifs is 1. The maximum absolute atomic E-state index is 7.40. The molecule has 0 radical (unpaired) electrons. The van der Waals surface area contributed by atoms with Crippen LogP contribution in [0.4, 0.5) is 5.82 Å². The number of pyridine rings is 1. The Labute approximate surface area is 118 Å². The van der Waals surface area contributed by atoms with Crippen LogP contribution in [0.3, 0.4) is 0 Å². The van der Waals surface area contributed by atoms with Crippen molar-refractivity contribution in [2.45, 2.75) is 12.8 Å². The van der Waals surface area contributed by atoms with E-state index >= 15 is 0 Å². The van der Waals surface area contributed by atoms with Crippen molar-refractivity contribution in [3.05, 3.63) is 59.3 Å². The predicted molar refractivity (Wildman–Crippen MR) is 81.3 cm³/mol. The first-order valence-corrected chi connectivity index (χ1v) is 6.86. The van der Waals surface area contributed by atoms with E-state index in [0.717, 1.165) is 31.7 Å². The number of nitrogens with two attached hydrogens (primary N) is 1. The maximum Gasteiger partial charge on any atom is 0.128 e. The average molecular weight is 266 g/mol. The largest absolute Gasteiger partial charge is 0.384 e. The lowest BCUT2D eigenvalue weighted by Crippen LogP contribution is -2.27. The number of benzene rings is 1. The molecule has 0 amide bonds. The summed E-state index contributed by atoms with van der Waals surface area (Å²) in [5.41, 5.74) is 9.01. The van der Waals surface area contributed by atoms with E-state index in [1.807, 2.05) is 12.1 Å². The van der Waals surface area contributed by atoms with Crippen molar-refractivity contribution in [1.82, 2.24) is 4.98 Å². The first-order valence-electron chi connectivity index (χ1n) is 6.86. The molecule has 102 valence electrons. The molecular formula is C16H18N4. The van der Waals surface area contributed by atoms with Crippen molar-refractivity contribution in [3.8, 4) is 0 Å². The van der Waals surface area contributed by atoms with Gasteiger partial charge in [-0.1, -0.05) is 24.3 Å². The SMILES string of the molecule is N=C(N)c1ccc(N2CCc3ccccc3CC2)nc1. The van der Waals surface area contributed by atoms with E-state index in [-0.39, 0.29) is 5.84 Å². The molecule has 0 unspecified atom stereocenters. The van der Waals surface area contributed by atoms with Gasteiger partial charge in [-0.15, -0.1) is 0 Å². The molecule has 0 bridgehead atoms. The third-order valence-corrected chi connectivity index (χ3v) is 3.80. The van der Waals surface area contributed by atoms with Crippen molar-refractivity contribution in [2.24, 2.45) is 5.73 Å². The van der Waals surface area contributed by atoms with E-state index in [1.165, 1.54) is 11.1 Å². The minimum atomic E-state index is 0.0623. The fraction of sp³-hybridized carbons (Fsp3) is 0.250. The lowest BCUT2D eigenvalue weighted by atomic mass is 10.0. The Morgan fingerprint density at radius 1 is 1.05 bits per heavy atom. The Morgan fingerprint density at radius 3 is 2.20 bits per heavy atom. The summed E-state index contributed by atoms with van der Waals surface area (Å²) >= 11 is 0. The van der Waals surface area contributed by atoms with Crippen LogP contribution in [0.2, 0.25) is 0 Å². The second-order valence-corrected chi connectivity index (χ2v) is 5.07. The topological polar surface area (TPSA) is 66.0 Å². The highest BCUT2D eigenvalue weighted by atomic mass is 15.2. The molecule has 0 atom stereocenters. The maximum atomic E-state index is 7.40. The summed E-state index contributed by atoms with van der Waals surface area (Å²) in [4.78, 5) is 6.73. The number of rotatable bonds is 2. The van der Waals surface area contributed by atoms with Gasteiger partial charge in [-0.3, -0.25) is 5.41 Å². The van der Waals surface area contributed by atoms with E-state index in [2.05, 4.69) is 34.1 Å². The number of nitrogens with one attached hydrogen (secondary N) is 1. The molecule has 3 rings (SSSR count). The Hall–Kier alpha value is -2.36. The highest BCUT2D eigenvalue weighted by Crippen LogP contribution is 2.19. The zero-order chi connectivity index (χ0) is 13.9. The fourth-order valence-electron chi connectivity index (χ4n) is 2.63. The number of aromatic nitrogens is 1. The van der Waals surface area contributed by atoms with Gasteiger partial charge in [0, 0.05) is 24.8 Å². The molecule has 1 aliphatic heterocycles. The highest BCUT2D eigenvalue weighted by molar-refractivity contribution is 5.94. The molecule has 2 heterocycles. The highest BCUT2D eigenvalue weighted by Gasteiger charge is 2.14. The van der Waals surface area contributed by atoms with Crippen molar-refractivity contribution in [2.75, 3.05) is 18.0 Å². The van der Waals surface area contributed by atoms with Gasteiger partial charge in [-0.25, -0.2) is 4.98 Å². The van der Waals surface area contributed by atoms with E-state index in [9.17, 15) is 0 Å². The minimum Gasteiger partial charge on any atom is -0.384 e. The fourth-order valence-corrected chi connectivity index (χ4v) is 2.63. The van der Waals surface area contributed by atoms with E-state index in [1.54, 1.807) is 6.20 Å². The Bertz CT molecular complexity index is 592. The average Bonchev–Trinajstić information content (AvgIpc) is 2.70. The number of amidine groups is 1. The van der Waals surface area contributed by atoms with Gasteiger partial charge < -0.3 is 10.6 Å². The number of hydrogen-bond acceptors (Lipinski definition) is 3. The number of hydrogen-bond donors (Lipinski definition) is 2. The van der Waals surface area contributed by atoms with E-state index in [0.29, 0.717) is 5.56 Å². The van der Waals surface area contributed by atoms with Crippen molar-refractivity contribution >= 4 is 11.7 Å². The van der Waals surface area contributed by atoms with Gasteiger partial charge in [0.1, 0.15) is 11.7 Å². The van der Waals surface area contributed by atoms with Crippen LogP contribution in [0.1, 0.15) is 16.7 Å². The van der Waals surface area contributed by atoms with Crippen LogP contribution in [0.15, 0.2) is 42.6 Å². The first kappa shape index (κ1) is 12.7. The lowest BCUT2D eigenvalue weighted by molar-refractivity contribution is 0.791. The Morgan fingerprint density at radius 2 is 1.70 bits per heavy atom. The van der Waals surface area contributed by atoms with Gasteiger partial charge in [0.2, 0.25) is 0 Å². The summed E-state index contributed by atoms with van der Waals surface area (Å²) in [6, 6.07) is 12.5. The number of nitrogens with zero attached hydrogens (tertiary/aromatic N) is 2. The first-order chi connectivity index (χ1) is 9.74. The zero-order valence-electron chi connectivity index (χ0n) is 11.3. The van der Waals surface area contributed by atoms with Crippen LogP contribution in [-0.2, 0) is 12.8 Å². The molecule has 1 aromatic carbocycles. The van der Waals surface area contributed by atoms with Crippen molar-refractivity contribution in [1.29, 1.82) is 5.41 Å². The molecule has 0 saturated heterocycles. The standard InChI is InChI=1S/C16H18N4/c17-16(18)14-5-6-15(19-11-14)20-9-7-12-3-1-2-4-13(12)8-10-20/h1-6,11H,7-10H2,(H3,17,18). The van der Waals surface area contributed by atoms with Gasteiger partial charge in [0.05, 0.1) is 0 Å². The molecule has 0 aliphatic carbocycles. The summed E-state index contributed by atoms with van der Waals surface area (Å²) in [5.74, 6) is 1.02. The second-order valence-electron chi connectivity index (χ2n) is 5.07. The van der Waals surface area contributed by atoms with Crippen molar-refractivity contribution in [3.63, 3.8) is 0 Å². The molecule has 4 heteroatoms. The normalized spacial score (nSPS) is 14.5. The molecule has 4 nitrogen and oxygen atoms in total. The van der Waals surface area contributed by atoms with Crippen LogP contribution in [0, 0.1) is 5.41 Å². The molecule has 20 heavy (non-hydrogen) atoms. The minimum absolute atomic E-state index is 0.0623. The lowest BCUT2D eigenvalue weighted by Gasteiger charge is -2.21. The molecule has 0 spiro atoms. The summed E-state index contributed by atoms with van der Waals surface area (Å²) in [6.45, 7) is 1.95. The molecule has 3 N–H and O–H groups in total. The van der Waals surface area contributed by atoms with Gasteiger partial charge >= 0.3 is 0 Å². The summed E-state index contributed by atoms with van der Waals surface area (Å²) in [5, 5.41) is 7.40. The Balaban J connectivity index is 1.78. The van der Waals surface area contributed by atoms with Crippen LogP contribution in [-0.4, -0.2) is 23.9 Å². The third kappa shape index (κ3) is 2.50. The van der Waals surface area contributed by atoms with Crippen LogP contribution >= 0.6 is 0 Å². The smallest absolute Gasteiger partial charge is 0.128 e. The summed E-state index contributed by atoms with van der Waals surface area (Å²) in [7, 11) is 0. The van der Waals surface area contributed by atoms with Gasteiger partial charge in [0.15, 0.2) is 0 Å². The van der Waals surface area contributed by atoms with Crippen LogP contribution in [0.25, 0.3) is 0 Å². The van der Waals surface area contributed by atoms with Crippen LogP contribution < -0.4 is 10.6 Å². The van der Waals surface area contributed by atoms with Gasteiger partial charge in [-0.2, -0.15) is 0 Å². The predicted octanol–water partition coefficient (Wildman–Crippen LogP) is 1.97.